The van der Waals surface area contributed by atoms with Gasteiger partial charge in [-0.05, 0) is 23.8 Å². The van der Waals surface area contributed by atoms with Crippen LogP contribution in [-0.4, -0.2) is 11.0 Å². The molecule has 1 amide bonds. The number of carbonyl (C=O) groups is 1. The van der Waals surface area contributed by atoms with E-state index in [9.17, 15) is 9.90 Å². The van der Waals surface area contributed by atoms with E-state index in [0.717, 1.165) is 5.56 Å². The average Bonchev–Trinajstić information content (AvgIpc) is 2.36. The fourth-order valence-corrected chi connectivity index (χ4v) is 1.88. The van der Waals surface area contributed by atoms with Gasteiger partial charge in [-0.1, -0.05) is 29.8 Å². The molecule has 0 atom stereocenters. The molecule has 0 aliphatic rings. The molecule has 0 spiro atoms. The number of carbonyl (C=O) groups excluding carboxylic acids is 1. The van der Waals surface area contributed by atoms with Crippen molar-refractivity contribution in [2.75, 3.05) is 11.1 Å². The summed E-state index contributed by atoms with van der Waals surface area (Å²) in [7, 11) is 0. The van der Waals surface area contributed by atoms with Crippen LogP contribution in [-0.2, 0) is 11.2 Å². The van der Waals surface area contributed by atoms with Crippen molar-refractivity contribution in [3.63, 3.8) is 0 Å². The summed E-state index contributed by atoms with van der Waals surface area (Å²) in [6.07, 6.45) is 0.167. The topological polar surface area (TPSA) is 75.3 Å². The second-order valence-electron chi connectivity index (χ2n) is 4.09. The van der Waals surface area contributed by atoms with Crippen LogP contribution >= 0.6 is 11.6 Å². The standard InChI is InChI=1S/C14H13ClN2O2/c15-11-4-2-1-3-9(11)7-14(19)17-13-6-5-10(18)8-12(13)16/h1-6,8,18H,7,16H2,(H,17,19). The molecule has 4 nitrogen and oxygen atoms in total. The lowest BCUT2D eigenvalue weighted by Crippen LogP contribution is -2.15. The van der Waals surface area contributed by atoms with Gasteiger partial charge in [0.1, 0.15) is 5.75 Å². The molecule has 0 aliphatic heterocycles. The van der Waals surface area contributed by atoms with Gasteiger partial charge in [-0.3, -0.25) is 4.79 Å². The van der Waals surface area contributed by atoms with Gasteiger partial charge in [-0.25, -0.2) is 0 Å². The van der Waals surface area contributed by atoms with Crippen molar-refractivity contribution in [2.45, 2.75) is 6.42 Å². The Morgan fingerprint density at radius 2 is 2.00 bits per heavy atom. The molecule has 19 heavy (non-hydrogen) atoms. The number of halogens is 1. The van der Waals surface area contributed by atoms with Gasteiger partial charge in [-0.15, -0.1) is 0 Å². The van der Waals surface area contributed by atoms with E-state index in [1.54, 1.807) is 18.2 Å². The first-order valence-corrected chi connectivity index (χ1v) is 6.06. The minimum absolute atomic E-state index is 0.0570. The minimum Gasteiger partial charge on any atom is -0.508 e. The summed E-state index contributed by atoms with van der Waals surface area (Å²) in [5.41, 5.74) is 7.22. The maximum absolute atomic E-state index is 11.9. The SMILES string of the molecule is Nc1cc(O)ccc1NC(=O)Cc1ccccc1Cl. The Bertz CT molecular complexity index is 614. The molecule has 0 aliphatic carbocycles. The van der Waals surface area contributed by atoms with Gasteiger partial charge in [-0.2, -0.15) is 0 Å². The summed E-state index contributed by atoms with van der Waals surface area (Å²) in [6, 6.07) is 11.5. The molecular formula is C14H13ClN2O2. The second-order valence-corrected chi connectivity index (χ2v) is 4.50. The first-order chi connectivity index (χ1) is 9.06. The number of hydrogen-bond donors (Lipinski definition) is 3. The van der Waals surface area contributed by atoms with E-state index in [1.165, 1.54) is 12.1 Å². The lowest BCUT2D eigenvalue weighted by Gasteiger charge is -2.09. The highest BCUT2D eigenvalue weighted by molar-refractivity contribution is 6.31. The lowest BCUT2D eigenvalue weighted by molar-refractivity contribution is -0.115. The van der Waals surface area contributed by atoms with Gasteiger partial charge in [0, 0.05) is 11.1 Å². The van der Waals surface area contributed by atoms with Crippen LogP contribution in [0.15, 0.2) is 42.5 Å². The Morgan fingerprint density at radius 1 is 1.26 bits per heavy atom. The second kappa shape index (κ2) is 5.63. The highest BCUT2D eigenvalue weighted by Gasteiger charge is 2.08. The molecule has 0 unspecified atom stereocenters. The van der Waals surface area contributed by atoms with Crippen LogP contribution in [0.5, 0.6) is 5.75 Å². The Morgan fingerprint density at radius 3 is 2.68 bits per heavy atom. The van der Waals surface area contributed by atoms with Crippen molar-refractivity contribution in [3.8, 4) is 5.75 Å². The van der Waals surface area contributed by atoms with E-state index in [-0.39, 0.29) is 18.1 Å². The van der Waals surface area contributed by atoms with E-state index in [4.69, 9.17) is 17.3 Å². The largest absolute Gasteiger partial charge is 0.508 e. The molecule has 0 bridgehead atoms. The zero-order valence-electron chi connectivity index (χ0n) is 10.1. The number of nitrogen functional groups attached to an aromatic ring is 1. The van der Waals surface area contributed by atoms with E-state index >= 15 is 0 Å². The molecule has 2 aromatic rings. The van der Waals surface area contributed by atoms with Gasteiger partial charge in [0.15, 0.2) is 0 Å². The number of nitrogens with one attached hydrogen (secondary N) is 1. The fraction of sp³-hybridized carbons (Fsp3) is 0.0714. The molecule has 4 N–H and O–H groups in total. The predicted octanol–water partition coefficient (Wildman–Crippen LogP) is 2.81. The third-order valence-electron chi connectivity index (χ3n) is 2.62. The molecule has 98 valence electrons. The molecule has 2 rings (SSSR count). The number of nitrogens with two attached hydrogens (primary N) is 1. The molecule has 0 heterocycles. The van der Waals surface area contributed by atoms with Crippen molar-refractivity contribution in [1.82, 2.24) is 0 Å². The van der Waals surface area contributed by atoms with E-state index in [0.29, 0.717) is 16.4 Å². The summed E-state index contributed by atoms with van der Waals surface area (Å²) >= 11 is 5.99. The van der Waals surface area contributed by atoms with Crippen LogP contribution in [0.1, 0.15) is 5.56 Å². The highest BCUT2D eigenvalue weighted by Crippen LogP contribution is 2.23. The van der Waals surface area contributed by atoms with Crippen molar-refractivity contribution in [3.05, 3.63) is 53.1 Å². The summed E-state index contributed by atoms with van der Waals surface area (Å²) in [5.74, 6) is -0.160. The predicted molar refractivity (Wildman–Crippen MR) is 76.3 cm³/mol. The Balaban J connectivity index is 2.08. The molecule has 2 aromatic carbocycles. The minimum atomic E-state index is -0.217. The maximum Gasteiger partial charge on any atom is 0.228 e. The van der Waals surface area contributed by atoms with E-state index in [2.05, 4.69) is 5.32 Å². The highest BCUT2D eigenvalue weighted by atomic mass is 35.5. The number of rotatable bonds is 3. The smallest absolute Gasteiger partial charge is 0.228 e. The monoisotopic (exact) mass is 276 g/mol. The number of anilines is 2. The average molecular weight is 277 g/mol. The molecule has 0 radical (unpaired) electrons. The number of phenolic OH excluding ortho intramolecular Hbond substituents is 1. The zero-order chi connectivity index (χ0) is 13.8. The normalized spacial score (nSPS) is 10.2. The third-order valence-corrected chi connectivity index (χ3v) is 2.99. The van der Waals surface area contributed by atoms with E-state index < -0.39 is 0 Å². The first-order valence-electron chi connectivity index (χ1n) is 5.68. The van der Waals surface area contributed by atoms with Gasteiger partial charge >= 0.3 is 0 Å². The third kappa shape index (κ3) is 3.39. The van der Waals surface area contributed by atoms with Crippen LogP contribution in [0.3, 0.4) is 0 Å². The number of amides is 1. The van der Waals surface area contributed by atoms with Crippen molar-refractivity contribution < 1.29 is 9.90 Å². The van der Waals surface area contributed by atoms with Gasteiger partial charge in [0.05, 0.1) is 17.8 Å². The van der Waals surface area contributed by atoms with Crippen LogP contribution in [0, 0.1) is 0 Å². The lowest BCUT2D eigenvalue weighted by atomic mass is 10.1. The van der Waals surface area contributed by atoms with Crippen LogP contribution in [0.2, 0.25) is 5.02 Å². The van der Waals surface area contributed by atoms with Crippen LogP contribution < -0.4 is 11.1 Å². The number of aromatic hydroxyl groups is 1. The molecule has 0 saturated carbocycles. The molecule has 5 heteroatoms. The fourth-order valence-electron chi connectivity index (χ4n) is 1.67. The quantitative estimate of drug-likeness (QED) is 0.596. The summed E-state index contributed by atoms with van der Waals surface area (Å²) in [6.45, 7) is 0. The van der Waals surface area contributed by atoms with Crippen LogP contribution in [0.4, 0.5) is 11.4 Å². The maximum atomic E-state index is 11.9. The van der Waals surface area contributed by atoms with Gasteiger partial charge in [0.25, 0.3) is 0 Å². The Hall–Kier alpha value is -2.20. The van der Waals surface area contributed by atoms with Crippen LogP contribution in [0.25, 0.3) is 0 Å². The summed E-state index contributed by atoms with van der Waals surface area (Å²) in [4.78, 5) is 11.9. The molecule has 0 fully saturated rings. The number of phenols is 1. The Kier molecular flexibility index (Phi) is 3.92. The number of benzene rings is 2. The first kappa shape index (κ1) is 13.2. The van der Waals surface area contributed by atoms with Crippen molar-refractivity contribution in [2.24, 2.45) is 0 Å². The van der Waals surface area contributed by atoms with E-state index in [1.807, 2.05) is 12.1 Å². The molecule has 0 aromatic heterocycles. The zero-order valence-corrected chi connectivity index (χ0v) is 10.8. The molecule has 0 saturated heterocycles. The molecular weight excluding hydrogens is 264 g/mol. The number of hydrogen-bond acceptors (Lipinski definition) is 3. The Labute approximate surface area is 115 Å². The summed E-state index contributed by atoms with van der Waals surface area (Å²) < 4.78 is 0. The van der Waals surface area contributed by atoms with Gasteiger partial charge in [0.2, 0.25) is 5.91 Å². The summed E-state index contributed by atoms with van der Waals surface area (Å²) in [5, 5.41) is 12.5. The van der Waals surface area contributed by atoms with Crippen molar-refractivity contribution >= 4 is 28.9 Å². The van der Waals surface area contributed by atoms with Crippen molar-refractivity contribution in [1.29, 1.82) is 0 Å². The van der Waals surface area contributed by atoms with Gasteiger partial charge < -0.3 is 16.2 Å².